The number of nitrogens with one attached hydrogen (secondary N) is 1. The summed E-state index contributed by atoms with van der Waals surface area (Å²) in [6, 6.07) is 0.472. The third-order valence-electron chi connectivity index (χ3n) is 3.12. The van der Waals surface area contributed by atoms with Gasteiger partial charge in [-0.3, -0.25) is 0 Å². The van der Waals surface area contributed by atoms with Crippen LogP contribution >= 0.6 is 0 Å². The number of aliphatic hydroxyl groups is 1. The standard InChI is InChI=1S/C11H23NO2/c1-3-9(2)11-10(5-4-7-13)14-8-6-12-11/h9-13H,3-8H2,1-2H3. The molecule has 84 valence electrons. The van der Waals surface area contributed by atoms with Crippen molar-refractivity contribution in [3.8, 4) is 0 Å². The summed E-state index contributed by atoms with van der Waals surface area (Å²) in [6.45, 7) is 6.52. The fourth-order valence-electron chi connectivity index (χ4n) is 2.05. The monoisotopic (exact) mass is 201 g/mol. The van der Waals surface area contributed by atoms with Crippen LogP contribution in [0.1, 0.15) is 33.1 Å². The van der Waals surface area contributed by atoms with Crippen LogP contribution in [0.5, 0.6) is 0 Å². The van der Waals surface area contributed by atoms with Crippen molar-refractivity contribution in [1.29, 1.82) is 0 Å². The molecule has 3 atom stereocenters. The number of ether oxygens (including phenoxy) is 1. The molecule has 0 saturated carbocycles. The minimum absolute atomic E-state index is 0.271. The maximum absolute atomic E-state index is 8.80. The smallest absolute Gasteiger partial charge is 0.0732 e. The van der Waals surface area contributed by atoms with E-state index in [0.717, 1.165) is 26.0 Å². The molecule has 1 rings (SSSR count). The van der Waals surface area contributed by atoms with E-state index < -0.39 is 0 Å². The summed E-state index contributed by atoms with van der Waals surface area (Å²) in [7, 11) is 0. The molecule has 0 radical (unpaired) electrons. The highest BCUT2D eigenvalue weighted by Crippen LogP contribution is 2.19. The van der Waals surface area contributed by atoms with E-state index in [1.165, 1.54) is 6.42 Å². The van der Waals surface area contributed by atoms with Crippen molar-refractivity contribution in [3.05, 3.63) is 0 Å². The summed E-state index contributed by atoms with van der Waals surface area (Å²) in [6.07, 6.45) is 3.29. The topological polar surface area (TPSA) is 41.5 Å². The van der Waals surface area contributed by atoms with E-state index in [-0.39, 0.29) is 6.61 Å². The van der Waals surface area contributed by atoms with Crippen molar-refractivity contribution >= 4 is 0 Å². The second-order valence-electron chi connectivity index (χ2n) is 4.14. The predicted molar refractivity (Wildman–Crippen MR) is 57.3 cm³/mol. The Morgan fingerprint density at radius 1 is 1.57 bits per heavy atom. The van der Waals surface area contributed by atoms with Crippen LogP contribution in [-0.4, -0.2) is 37.0 Å². The highest BCUT2D eigenvalue weighted by Gasteiger charge is 2.28. The first-order chi connectivity index (χ1) is 6.79. The van der Waals surface area contributed by atoms with E-state index in [0.29, 0.717) is 18.1 Å². The highest BCUT2D eigenvalue weighted by molar-refractivity contribution is 4.84. The largest absolute Gasteiger partial charge is 0.396 e. The van der Waals surface area contributed by atoms with E-state index in [1.54, 1.807) is 0 Å². The molecule has 0 bridgehead atoms. The molecule has 1 aliphatic rings. The normalized spacial score (nSPS) is 30.2. The predicted octanol–water partition coefficient (Wildman–Crippen LogP) is 1.16. The molecule has 0 spiro atoms. The van der Waals surface area contributed by atoms with Crippen LogP contribution in [0.25, 0.3) is 0 Å². The second kappa shape index (κ2) is 6.38. The Balaban J connectivity index is 2.41. The average Bonchev–Trinajstić information content (AvgIpc) is 2.25. The second-order valence-corrected chi connectivity index (χ2v) is 4.14. The van der Waals surface area contributed by atoms with Gasteiger partial charge in [-0.2, -0.15) is 0 Å². The maximum atomic E-state index is 8.80. The first-order valence-electron chi connectivity index (χ1n) is 5.75. The van der Waals surface area contributed by atoms with Crippen molar-refractivity contribution in [2.75, 3.05) is 19.8 Å². The summed E-state index contributed by atoms with van der Waals surface area (Å²) in [5.74, 6) is 0.652. The molecule has 0 aliphatic carbocycles. The summed E-state index contributed by atoms with van der Waals surface area (Å²) >= 11 is 0. The van der Waals surface area contributed by atoms with Gasteiger partial charge in [-0.15, -0.1) is 0 Å². The van der Waals surface area contributed by atoms with E-state index in [4.69, 9.17) is 9.84 Å². The molecule has 0 aromatic heterocycles. The Morgan fingerprint density at radius 3 is 3.00 bits per heavy atom. The van der Waals surface area contributed by atoms with Gasteiger partial charge in [-0.05, 0) is 18.8 Å². The highest BCUT2D eigenvalue weighted by atomic mass is 16.5. The first-order valence-corrected chi connectivity index (χ1v) is 5.75. The molecule has 1 aliphatic heterocycles. The van der Waals surface area contributed by atoms with E-state index >= 15 is 0 Å². The van der Waals surface area contributed by atoms with Gasteiger partial charge in [-0.25, -0.2) is 0 Å². The van der Waals surface area contributed by atoms with Crippen molar-refractivity contribution < 1.29 is 9.84 Å². The van der Waals surface area contributed by atoms with Gasteiger partial charge in [0, 0.05) is 19.2 Å². The van der Waals surface area contributed by atoms with Crippen LogP contribution in [-0.2, 0) is 4.74 Å². The zero-order chi connectivity index (χ0) is 10.4. The maximum Gasteiger partial charge on any atom is 0.0732 e. The molecule has 1 heterocycles. The van der Waals surface area contributed by atoms with E-state index in [9.17, 15) is 0 Å². The fourth-order valence-corrected chi connectivity index (χ4v) is 2.05. The summed E-state index contributed by atoms with van der Waals surface area (Å²) < 4.78 is 5.74. The van der Waals surface area contributed by atoms with Crippen LogP contribution in [0, 0.1) is 5.92 Å². The third-order valence-corrected chi connectivity index (χ3v) is 3.12. The number of hydrogen-bond donors (Lipinski definition) is 2. The summed E-state index contributed by atoms with van der Waals surface area (Å²) in [5, 5.41) is 12.3. The molecule has 14 heavy (non-hydrogen) atoms. The Hall–Kier alpha value is -0.120. The number of rotatable bonds is 5. The van der Waals surface area contributed by atoms with Gasteiger partial charge in [0.25, 0.3) is 0 Å². The number of morpholine rings is 1. The zero-order valence-corrected chi connectivity index (χ0v) is 9.33. The molecule has 0 aromatic carbocycles. The third kappa shape index (κ3) is 3.23. The fraction of sp³-hybridized carbons (Fsp3) is 1.00. The summed E-state index contributed by atoms with van der Waals surface area (Å²) in [4.78, 5) is 0. The SMILES string of the molecule is CCC(C)C1NCCOC1CCCO. The van der Waals surface area contributed by atoms with Crippen LogP contribution in [0.3, 0.4) is 0 Å². The zero-order valence-electron chi connectivity index (χ0n) is 9.33. The molecule has 3 unspecified atom stereocenters. The van der Waals surface area contributed by atoms with Crippen LogP contribution in [0.2, 0.25) is 0 Å². The van der Waals surface area contributed by atoms with Crippen molar-refractivity contribution in [1.82, 2.24) is 5.32 Å². The van der Waals surface area contributed by atoms with Crippen LogP contribution < -0.4 is 5.32 Å². The first kappa shape index (κ1) is 12.0. The van der Waals surface area contributed by atoms with Gasteiger partial charge in [-0.1, -0.05) is 20.3 Å². The molecule has 0 amide bonds. The van der Waals surface area contributed by atoms with Crippen molar-refractivity contribution in [3.63, 3.8) is 0 Å². The molecule has 1 fully saturated rings. The van der Waals surface area contributed by atoms with E-state index in [1.807, 2.05) is 0 Å². The van der Waals surface area contributed by atoms with Crippen molar-refractivity contribution in [2.24, 2.45) is 5.92 Å². The van der Waals surface area contributed by atoms with E-state index in [2.05, 4.69) is 19.2 Å². The Morgan fingerprint density at radius 2 is 2.36 bits per heavy atom. The van der Waals surface area contributed by atoms with Gasteiger partial charge >= 0.3 is 0 Å². The lowest BCUT2D eigenvalue weighted by molar-refractivity contribution is -0.0264. The molecule has 3 nitrogen and oxygen atoms in total. The molecule has 3 heteroatoms. The lowest BCUT2D eigenvalue weighted by Gasteiger charge is -2.36. The Labute approximate surface area is 86.8 Å². The number of hydrogen-bond acceptors (Lipinski definition) is 3. The number of aliphatic hydroxyl groups excluding tert-OH is 1. The quantitative estimate of drug-likeness (QED) is 0.701. The molecule has 0 aromatic rings. The minimum atomic E-state index is 0.271. The van der Waals surface area contributed by atoms with Gasteiger partial charge < -0.3 is 15.2 Å². The van der Waals surface area contributed by atoms with Crippen LogP contribution in [0.15, 0.2) is 0 Å². The molecular weight excluding hydrogens is 178 g/mol. The summed E-state index contributed by atoms with van der Waals surface area (Å²) in [5.41, 5.74) is 0. The lowest BCUT2D eigenvalue weighted by atomic mass is 9.91. The van der Waals surface area contributed by atoms with Gasteiger partial charge in [0.15, 0.2) is 0 Å². The van der Waals surface area contributed by atoms with Gasteiger partial charge in [0.05, 0.1) is 12.7 Å². The molecular formula is C11H23NO2. The average molecular weight is 201 g/mol. The minimum Gasteiger partial charge on any atom is -0.396 e. The van der Waals surface area contributed by atoms with Crippen LogP contribution in [0.4, 0.5) is 0 Å². The van der Waals surface area contributed by atoms with Crippen molar-refractivity contribution in [2.45, 2.75) is 45.3 Å². The van der Waals surface area contributed by atoms with Gasteiger partial charge in [0.2, 0.25) is 0 Å². The Bertz CT molecular complexity index is 152. The lowest BCUT2D eigenvalue weighted by Crippen LogP contribution is -2.51. The molecule has 2 N–H and O–H groups in total. The Kier molecular flexibility index (Phi) is 5.45. The molecule has 1 saturated heterocycles. The van der Waals surface area contributed by atoms with Gasteiger partial charge in [0.1, 0.15) is 0 Å².